The number of nitrogen functional groups attached to an aromatic ring is 1. The van der Waals surface area contributed by atoms with Crippen molar-refractivity contribution in [1.29, 1.82) is 0 Å². The summed E-state index contributed by atoms with van der Waals surface area (Å²) >= 11 is 1.22. The molecule has 1 aromatic carbocycles. The van der Waals surface area contributed by atoms with Crippen LogP contribution >= 0.6 is 11.8 Å². The van der Waals surface area contributed by atoms with Crippen LogP contribution in [-0.2, 0) is 4.79 Å². The van der Waals surface area contributed by atoms with Crippen LogP contribution in [0, 0.1) is 0 Å². The molecule has 0 aliphatic carbocycles. The number of carbonyl (C=O) groups excluding carboxylic acids is 1. The Morgan fingerprint density at radius 3 is 2.79 bits per heavy atom. The van der Waals surface area contributed by atoms with E-state index in [4.69, 9.17) is 10.3 Å². The Kier molecular flexibility index (Phi) is 4.85. The molecule has 24 heavy (non-hydrogen) atoms. The molecule has 0 spiro atoms. The minimum absolute atomic E-state index is 0.0614. The Morgan fingerprint density at radius 1 is 1.29 bits per heavy atom. The van der Waals surface area contributed by atoms with Crippen molar-refractivity contribution in [2.75, 3.05) is 11.6 Å². The van der Waals surface area contributed by atoms with E-state index in [-0.39, 0.29) is 17.7 Å². The number of nitrogens with two attached hydrogens (primary N) is 1. The van der Waals surface area contributed by atoms with Gasteiger partial charge in [0, 0.05) is 0 Å². The van der Waals surface area contributed by atoms with Crippen molar-refractivity contribution < 1.29 is 9.21 Å². The van der Waals surface area contributed by atoms with E-state index in [0.29, 0.717) is 16.7 Å². The largest absolute Gasteiger partial charge is 0.461 e. The van der Waals surface area contributed by atoms with Gasteiger partial charge in [-0.25, -0.2) is 4.68 Å². The van der Waals surface area contributed by atoms with Gasteiger partial charge in [-0.05, 0) is 24.6 Å². The Morgan fingerprint density at radius 2 is 2.08 bits per heavy atom. The first-order valence-electron chi connectivity index (χ1n) is 7.36. The third-order valence-electron chi connectivity index (χ3n) is 3.42. The van der Waals surface area contributed by atoms with Crippen LogP contribution in [0.15, 0.2) is 58.3 Å². The number of amides is 1. The summed E-state index contributed by atoms with van der Waals surface area (Å²) in [5.74, 6) is 7.00. The van der Waals surface area contributed by atoms with E-state index in [2.05, 4.69) is 15.5 Å². The Bertz CT molecular complexity index is 801. The van der Waals surface area contributed by atoms with Gasteiger partial charge in [-0.15, -0.1) is 10.2 Å². The number of aromatic nitrogens is 3. The summed E-state index contributed by atoms with van der Waals surface area (Å²) in [7, 11) is 0. The molecule has 2 heterocycles. The Balaban J connectivity index is 1.57. The number of carbonyl (C=O) groups is 1. The van der Waals surface area contributed by atoms with Crippen molar-refractivity contribution in [1.82, 2.24) is 20.2 Å². The van der Waals surface area contributed by atoms with Crippen LogP contribution in [0.3, 0.4) is 0 Å². The predicted molar refractivity (Wildman–Crippen MR) is 91.6 cm³/mol. The molecule has 0 aliphatic heterocycles. The van der Waals surface area contributed by atoms with Gasteiger partial charge in [0.25, 0.3) is 0 Å². The number of thioether (sulfide) groups is 1. The number of nitrogens with one attached hydrogen (secondary N) is 1. The summed E-state index contributed by atoms with van der Waals surface area (Å²) in [5.41, 5.74) is 1.05. The molecule has 2 aromatic heterocycles. The molecule has 3 N–H and O–H groups in total. The molecule has 0 saturated heterocycles. The molecule has 0 radical (unpaired) electrons. The summed E-state index contributed by atoms with van der Waals surface area (Å²) in [5, 5.41) is 11.4. The molecule has 3 aromatic rings. The maximum atomic E-state index is 12.1. The van der Waals surface area contributed by atoms with Gasteiger partial charge in [0.15, 0.2) is 5.76 Å². The quantitative estimate of drug-likeness (QED) is 0.526. The highest BCUT2D eigenvalue weighted by molar-refractivity contribution is 7.99. The number of hydrogen-bond acceptors (Lipinski definition) is 6. The third kappa shape index (κ3) is 3.60. The van der Waals surface area contributed by atoms with Gasteiger partial charge < -0.3 is 15.6 Å². The number of rotatable bonds is 6. The van der Waals surface area contributed by atoms with Crippen molar-refractivity contribution >= 4 is 17.7 Å². The normalized spacial score (nSPS) is 12.0. The average molecular weight is 343 g/mol. The van der Waals surface area contributed by atoms with Gasteiger partial charge in [-0.3, -0.25) is 4.79 Å². The minimum Gasteiger partial charge on any atom is -0.461 e. The van der Waals surface area contributed by atoms with Gasteiger partial charge in [0.2, 0.25) is 16.9 Å². The minimum atomic E-state index is -0.0982. The predicted octanol–water partition coefficient (Wildman–Crippen LogP) is 2.22. The molecule has 0 unspecified atom stereocenters. The molecule has 8 heteroatoms. The van der Waals surface area contributed by atoms with Crippen LogP contribution in [0.5, 0.6) is 0 Å². The fourth-order valence-corrected chi connectivity index (χ4v) is 2.86. The van der Waals surface area contributed by atoms with E-state index < -0.39 is 0 Å². The van der Waals surface area contributed by atoms with Crippen molar-refractivity contribution in [2.24, 2.45) is 0 Å². The monoisotopic (exact) mass is 343 g/mol. The van der Waals surface area contributed by atoms with Crippen molar-refractivity contribution in [3.8, 4) is 11.6 Å². The van der Waals surface area contributed by atoms with E-state index in [9.17, 15) is 4.79 Å². The van der Waals surface area contributed by atoms with Crippen LogP contribution in [0.25, 0.3) is 11.6 Å². The molecular formula is C16H17N5O2S. The zero-order chi connectivity index (χ0) is 16.9. The zero-order valence-corrected chi connectivity index (χ0v) is 13.9. The molecule has 3 rings (SSSR count). The van der Waals surface area contributed by atoms with Crippen molar-refractivity contribution in [3.05, 3.63) is 54.3 Å². The maximum Gasteiger partial charge on any atom is 0.230 e. The van der Waals surface area contributed by atoms with Crippen LogP contribution in [-0.4, -0.2) is 26.5 Å². The van der Waals surface area contributed by atoms with Crippen LogP contribution in [0.2, 0.25) is 0 Å². The van der Waals surface area contributed by atoms with Gasteiger partial charge in [0.05, 0.1) is 18.1 Å². The van der Waals surface area contributed by atoms with Gasteiger partial charge >= 0.3 is 0 Å². The summed E-state index contributed by atoms with van der Waals surface area (Å²) < 4.78 is 6.57. The van der Waals surface area contributed by atoms with E-state index >= 15 is 0 Å². The molecule has 0 saturated carbocycles. The standard InChI is InChI=1S/C16H17N5O2S/c1-11(12-6-3-2-4-7-12)18-14(22)10-24-16-20-19-15(21(16)17)13-8-5-9-23-13/h2-9,11H,10,17H2,1H3,(H,18,22)/t11-/m1/s1. The molecule has 0 aliphatic rings. The molecular weight excluding hydrogens is 326 g/mol. The van der Waals surface area contributed by atoms with Gasteiger partial charge in [-0.2, -0.15) is 0 Å². The van der Waals surface area contributed by atoms with E-state index in [1.54, 1.807) is 12.1 Å². The summed E-state index contributed by atoms with van der Waals surface area (Å²) in [6, 6.07) is 13.2. The number of furan rings is 1. The van der Waals surface area contributed by atoms with Crippen LogP contribution < -0.4 is 11.2 Å². The lowest BCUT2D eigenvalue weighted by Gasteiger charge is -2.13. The fraction of sp³-hybridized carbons (Fsp3) is 0.188. The highest BCUT2D eigenvalue weighted by Crippen LogP contribution is 2.21. The van der Waals surface area contributed by atoms with Crippen LogP contribution in [0.4, 0.5) is 0 Å². The summed E-state index contributed by atoms with van der Waals surface area (Å²) in [6.45, 7) is 1.94. The summed E-state index contributed by atoms with van der Waals surface area (Å²) in [6.07, 6.45) is 1.54. The lowest BCUT2D eigenvalue weighted by molar-refractivity contribution is -0.119. The SMILES string of the molecule is C[C@@H](NC(=O)CSc1nnc(-c2ccco2)n1N)c1ccccc1. The lowest BCUT2D eigenvalue weighted by Crippen LogP contribution is -2.28. The zero-order valence-electron chi connectivity index (χ0n) is 13.0. The first-order valence-corrected chi connectivity index (χ1v) is 8.35. The van der Waals surface area contributed by atoms with E-state index in [1.807, 2.05) is 37.3 Å². The first kappa shape index (κ1) is 16.1. The lowest BCUT2D eigenvalue weighted by atomic mass is 10.1. The molecule has 0 bridgehead atoms. The Labute approximate surface area is 143 Å². The second kappa shape index (κ2) is 7.22. The van der Waals surface area contributed by atoms with Gasteiger partial charge in [0.1, 0.15) is 0 Å². The van der Waals surface area contributed by atoms with Crippen LogP contribution in [0.1, 0.15) is 18.5 Å². The van der Waals surface area contributed by atoms with Crippen molar-refractivity contribution in [3.63, 3.8) is 0 Å². The highest BCUT2D eigenvalue weighted by Gasteiger charge is 2.16. The van der Waals surface area contributed by atoms with Crippen molar-refractivity contribution in [2.45, 2.75) is 18.1 Å². The molecule has 1 atom stereocenters. The number of benzene rings is 1. The van der Waals surface area contributed by atoms with E-state index in [0.717, 1.165) is 5.56 Å². The second-order valence-corrected chi connectivity index (χ2v) is 6.08. The Hall–Kier alpha value is -2.74. The third-order valence-corrected chi connectivity index (χ3v) is 4.36. The molecule has 1 amide bonds. The topological polar surface area (TPSA) is 99.0 Å². The highest BCUT2D eigenvalue weighted by atomic mass is 32.2. The van der Waals surface area contributed by atoms with E-state index in [1.165, 1.54) is 22.7 Å². The molecule has 124 valence electrons. The molecule has 7 nitrogen and oxygen atoms in total. The fourth-order valence-electron chi connectivity index (χ4n) is 2.19. The average Bonchev–Trinajstić information content (AvgIpc) is 3.23. The summed E-state index contributed by atoms with van der Waals surface area (Å²) in [4.78, 5) is 12.1. The number of nitrogens with zero attached hydrogens (tertiary/aromatic N) is 3. The van der Waals surface area contributed by atoms with Gasteiger partial charge in [-0.1, -0.05) is 42.1 Å². The first-order chi connectivity index (χ1) is 11.6. The molecule has 0 fully saturated rings. The number of hydrogen-bond donors (Lipinski definition) is 2. The smallest absolute Gasteiger partial charge is 0.230 e. The maximum absolute atomic E-state index is 12.1. The second-order valence-electron chi connectivity index (χ2n) is 5.14.